The summed E-state index contributed by atoms with van der Waals surface area (Å²) in [7, 11) is -2.38. The van der Waals surface area contributed by atoms with Crippen molar-refractivity contribution in [1.82, 2.24) is 20.9 Å². The summed E-state index contributed by atoms with van der Waals surface area (Å²) in [5.41, 5.74) is 5.05. The van der Waals surface area contributed by atoms with Crippen LogP contribution in [0.2, 0.25) is 5.02 Å². The first-order valence-corrected chi connectivity index (χ1v) is 9.70. The monoisotopic (exact) mass is 390 g/mol. The van der Waals surface area contributed by atoms with E-state index in [0.717, 1.165) is 25.7 Å². The van der Waals surface area contributed by atoms with Crippen molar-refractivity contribution in [2.45, 2.75) is 36.6 Å². The van der Waals surface area contributed by atoms with E-state index in [1.165, 1.54) is 25.2 Å². The summed E-state index contributed by atoms with van der Waals surface area (Å²) in [6, 6.07) is 4.20. The Morgan fingerprint density at radius 2 is 1.92 bits per heavy atom. The number of hydrogen-bond donors (Lipinski definition) is 4. The fourth-order valence-electron chi connectivity index (χ4n) is 2.44. The van der Waals surface area contributed by atoms with E-state index in [4.69, 9.17) is 23.8 Å². The molecule has 24 heavy (non-hydrogen) atoms. The summed E-state index contributed by atoms with van der Waals surface area (Å²) in [6.07, 6.45) is 4.42. The highest BCUT2D eigenvalue weighted by atomic mass is 35.5. The van der Waals surface area contributed by atoms with Gasteiger partial charge in [-0.05, 0) is 50.3 Å². The maximum Gasteiger partial charge on any atom is 0.271 e. The molecule has 0 radical (unpaired) electrons. The topological polar surface area (TPSA) is 99.3 Å². The first kappa shape index (κ1) is 18.9. The maximum absolute atomic E-state index is 12.2. The maximum atomic E-state index is 12.2. The summed E-state index contributed by atoms with van der Waals surface area (Å²) >= 11 is 11.1. The molecule has 7 nitrogen and oxygen atoms in total. The molecule has 0 heterocycles. The number of amides is 1. The van der Waals surface area contributed by atoms with Gasteiger partial charge >= 0.3 is 0 Å². The van der Waals surface area contributed by atoms with Crippen LogP contribution in [0.4, 0.5) is 0 Å². The Balaban J connectivity index is 2.01. The molecule has 1 aromatic carbocycles. The Labute approximate surface area is 151 Å². The Morgan fingerprint density at radius 1 is 1.25 bits per heavy atom. The summed E-state index contributed by atoms with van der Waals surface area (Å²) in [5.74, 6) is -0.580. The van der Waals surface area contributed by atoms with Crippen LogP contribution in [0.3, 0.4) is 0 Å². The normalized spacial score (nSPS) is 15.1. The van der Waals surface area contributed by atoms with Gasteiger partial charge in [-0.15, -0.1) is 0 Å². The first-order valence-electron chi connectivity index (χ1n) is 7.43. The molecule has 1 amide bonds. The minimum absolute atomic E-state index is 0.0316. The molecule has 0 aliphatic heterocycles. The number of carbonyl (C=O) groups is 1. The number of rotatable bonds is 4. The summed E-state index contributed by atoms with van der Waals surface area (Å²) in [6.45, 7) is 0. The molecule has 0 unspecified atom stereocenters. The standard InChI is InChI=1S/C14H19ClN4O3S2/c1-16-24(21,22)10-6-7-12(15)11(8-10)13(20)18-19-14(23)17-9-4-2-3-5-9/h6-9,16H,2-5H2,1H3,(H,18,20)(H2,17,19,23). The van der Waals surface area contributed by atoms with E-state index in [9.17, 15) is 13.2 Å². The molecule has 0 bridgehead atoms. The molecule has 1 aromatic rings. The molecule has 1 saturated carbocycles. The molecule has 2 rings (SSSR count). The van der Waals surface area contributed by atoms with Crippen molar-refractivity contribution >= 4 is 44.9 Å². The first-order chi connectivity index (χ1) is 11.3. The van der Waals surface area contributed by atoms with Gasteiger partial charge in [-0.3, -0.25) is 15.6 Å². The van der Waals surface area contributed by atoms with Gasteiger partial charge in [0.15, 0.2) is 5.11 Å². The summed E-state index contributed by atoms with van der Waals surface area (Å²) in [5, 5.41) is 3.56. The molecule has 0 aromatic heterocycles. The van der Waals surface area contributed by atoms with Crippen LogP contribution in [0.25, 0.3) is 0 Å². The quantitative estimate of drug-likeness (QED) is 0.457. The molecular weight excluding hydrogens is 372 g/mol. The number of carbonyl (C=O) groups excluding carboxylic acids is 1. The van der Waals surface area contributed by atoms with Gasteiger partial charge in [0.05, 0.1) is 15.5 Å². The molecule has 0 spiro atoms. The van der Waals surface area contributed by atoms with E-state index < -0.39 is 15.9 Å². The van der Waals surface area contributed by atoms with Crippen LogP contribution >= 0.6 is 23.8 Å². The summed E-state index contributed by atoms with van der Waals surface area (Å²) in [4.78, 5) is 12.2. The number of benzene rings is 1. The van der Waals surface area contributed by atoms with E-state index >= 15 is 0 Å². The minimum atomic E-state index is -3.67. The van der Waals surface area contributed by atoms with Gasteiger partial charge in [-0.1, -0.05) is 24.4 Å². The van der Waals surface area contributed by atoms with Crippen LogP contribution in [0.1, 0.15) is 36.0 Å². The lowest BCUT2D eigenvalue weighted by Crippen LogP contribution is -2.49. The second-order valence-corrected chi connectivity index (χ2v) is 8.09. The van der Waals surface area contributed by atoms with E-state index in [1.54, 1.807) is 0 Å². The molecule has 0 saturated heterocycles. The van der Waals surface area contributed by atoms with E-state index in [1.807, 2.05) is 0 Å². The third-order valence-electron chi connectivity index (χ3n) is 3.74. The van der Waals surface area contributed by atoms with Crippen LogP contribution in [0.5, 0.6) is 0 Å². The Morgan fingerprint density at radius 3 is 2.54 bits per heavy atom. The second kappa shape index (κ2) is 8.11. The third kappa shape index (κ3) is 4.79. The van der Waals surface area contributed by atoms with Crippen molar-refractivity contribution in [2.75, 3.05) is 7.05 Å². The Bertz CT molecular complexity index is 734. The number of halogens is 1. The zero-order valence-electron chi connectivity index (χ0n) is 13.1. The Hall–Kier alpha value is -1.42. The third-order valence-corrected chi connectivity index (χ3v) is 5.70. The van der Waals surface area contributed by atoms with Gasteiger partial charge in [0.1, 0.15) is 0 Å². The van der Waals surface area contributed by atoms with E-state index in [0.29, 0.717) is 11.2 Å². The van der Waals surface area contributed by atoms with Crippen molar-refractivity contribution in [2.24, 2.45) is 0 Å². The van der Waals surface area contributed by atoms with Crippen molar-refractivity contribution in [3.8, 4) is 0 Å². The zero-order valence-corrected chi connectivity index (χ0v) is 15.4. The number of hydrogen-bond acceptors (Lipinski definition) is 4. The van der Waals surface area contributed by atoms with Crippen molar-refractivity contribution < 1.29 is 13.2 Å². The fourth-order valence-corrected chi connectivity index (χ4v) is 3.61. The van der Waals surface area contributed by atoms with Gasteiger partial charge in [-0.2, -0.15) is 0 Å². The van der Waals surface area contributed by atoms with Crippen molar-refractivity contribution in [3.63, 3.8) is 0 Å². The van der Waals surface area contributed by atoms with Crippen LogP contribution in [0.15, 0.2) is 23.1 Å². The fraction of sp³-hybridized carbons (Fsp3) is 0.429. The molecule has 1 aliphatic carbocycles. The number of nitrogens with one attached hydrogen (secondary N) is 4. The number of sulfonamides is 1. The predicted octanol–water partition coefficient (Wildman–Crippen LogP) is 1.30. The van der Waals surface area contributed by atoms with Gasteiger partial charge < -0.3 is 5.32 Å². The minimum Gasteiger partial charge on any atom is -0.359 e. The highest BCUT2D eigenvalue weighted by Crippen LogP contribution is 2.20. The van der Waals surface area contributed by atoms with Crippen LogP contribution in [-0.2, 0) is 10.0 Å². The van der Waals surface area contributed by atoms with Gasteiger partial charge in [-0.25, -0.2) is 13.1 Å². The highest BCUT2D eigenvalue weighted by Gasteiger charge is 2.18. The smallest absolute Gasteiger partial charge is 0.271 e. The predicted molar refractivity (Wildman–Crippen MR) is 96.3 cm³/mol. The largest absolute Gasteiger partial charge is 0.359 e. The molecule has 132 valence electrons. The van der Waals surface area contributed by atoms with Crippen molar-refractivity contribution in [1.29, 1.82) is 0 Å². The van der Waals surface area contributed by atoms with E-state index in [-0.39, 0.29) is 15.5 Å². The van der Waals surface area contributed by atoms with E-state index in [2.05, 4.69) is 20.9 Å². The lowest BCUT2D eigenvalue weighted by Gasteiger charge is -2.16. The summed E-state index contributed by atoms with van der Waals surface area (Å²) < 4.78 is 25.8. The Kier molecular flexibility index (Phi) is 6.39. The molecule has 4 N–H and O–H groups in total. The van der Waals surface area contributed by atoms with Crippen LogP contribution in [0, 0.1) is 0 Å². The van der Waals surface area contributed by atoms with Crippen LogP contribution in [-0.4, -0.2) is 32.5 Å². The van der Waals surface area contributed by atoms with Crippen LogP contribution < -0.4 is 20.9 Å². The molecule has 1 fully saturated rings. The zero-order chi connectivity index (χ0) is 17.7. The number of hydrazine groups is 1. The number of thiocarbonyl (C=S) groups is 1. The van der Waals surface area contributed by atoms with Crippen molar-refractivity contribution in [3.05, 3.63) is 28.8 Å². The van der Waals surface area contributed by atoms with Gasteiger partial charge in [0, 0.05) is 6.04 Å². The lowest BCUT2D eigenvalue weighted by molar-refractivity contribution is 0.0943. The molecule has 0 atom stereocenters. The lowest BCUT2D eigenvalue weighted by atomic mass is 10.2. The molecule has 1 aliphatic rings. The van der Waals surface area contributed by atoms with Gasteiger partial charge in [0.25, 0.3) is 5.91 Å². The SMILES string of the molecule is CNS(=O)(=O)c1ccc(Cl)c(C(=O)NNC(=S)NC2CCCC2)c1. The second-order valence-electron chi connectivity index (χ2n) is 5.38. The molecule has 10 heteroatoms. The highest BCUT2D eigenvalue weighted by molar-refractivity contribution is 7.89. The average Bonchev–Trinajstić information content (AvgIpc) is 3.05. The molecular formula is C14H19ClN4O3S2. The average molecular weight is 391 g/mol. The van der Waals surface area contributed by atoms with Gasteiger partial charge in [0.2, 0.25) is 10.0 Å².